The van der Waals surface area contributed by atoms with Crippen molar-refractivity contribution in [1.29, 1.82) is 0 Å². The first-order chi connectivity index (χ1) is 15.1. The van der Waals surface area contributed by atoms with E-state index in [1.807, 2.05) is 48.8 Å². The normalized spacial score (nSPS) is 11.1. The molecule has 0 bridgehead atoms. The molecule has 31 heavy (non-hydrogen) atoms. The zero-order valence-corrected chi connectivity index (χ0v) is 17.9. The average molecular weight is 405 g/mol. The van der Waals surface area contributed by atoms with Crippen LogP contribution >= 0.6 is 0 Å². The lowest BCUT2D eigenvalue weighted by molar-refractivity contribution is 0.973. The Labute approximate surface area is 182 Å². The van der Waals surface area contributed by atoms with Crippen molar-refractivity contribution in [1.82, 2.24) is 19.1 Å². The Balaban J connectivity index is 1.77. The second kappa shape index (κ2) is 7.73. The van der Waals surface area contributed by atoms with E-state index in [9.17, 15) is 0 Å². The van der Waals surface area contributed by atoms with E-state index in [4.69, 9.17) is 9.97 Å². The molecule has 0 aliphatic rings. The average Bonchev–Trinajstić information content (AvgIpc) is 3.42. The molecule has 0 amide bonds. The van der Waals surface area contributed by atoms with Crippen molar-refractivity contribution >= 4 is 0 Å². The predicted molar refractivity (Wildman–Crippen MR) is 126 cm³/mol. The van der Waals surface area contributed by atoms with Crippen LogP contribution in [0.3, 0.4) is 0 Å². The maximum atomic E-state index is 5.07. The zero-order valence-electron chi connectivity index (χ0n) is 17.9. The molecule has 2 heterocycles. The second-order valence-electron chi connectivity index (χ2n) is 7.89. The number of rotatable bonds is 4. The topological polar surface area (TPSA) is 35.6 Å². The van der Waals surface area contributed by atoms with Gasteiger partial charge >= 0.3 is 0 Å². The summed E-state index contributed by atoms with van der Waals surface area (Å²) in [6.07, 6.45) is 5.94. The van der Waals surface area contributed by atoms with Gasteiger partial charge in [0.05, 0.1) is 11.4 Å². The van der Waals surface area contributed by atoms with E-state index in [0.717, 1.165) is 34.3 Å². The molecule has 0 N–H and O–H groups in total. The van der Waals surface area contributed by atoms with Crippen molar-refractivity contribution in [3.8, 4) is 34.3 Å². The quantitative estimate of drug-likeness (QED) is 0.351. The van der Waals surface area contributed by atoms with Gasteiger partial charge in [-0.1, -0.05) is 66.2 Å². The van der Waals surface area contributed by atoms with E-state index < -0.39 is 0 Å². The van der Waals surface area contributed by atoms with Crippen LogP contribution in [0.4, 0.5) is 0 Å². The van der Waals surface area contributed by atoms with Gasteiger partial charge in [-0.3, -0.25) is 9.13 Å². The second-order valence-corrected chi connectivity index (χ2v) is 7.89. The summed E-state index contributed by atoms with van der Waals surface area (Å²) in [4.78, 5) is 9.78. The number of imidazole rings is 2. The Kier molecular flexibility index (Phi) is 4.75. The molecule has 0 fully saturated rings. The van der Waals surface area contributed by atoms with Crippen LogP contribution < -0.4 is 0 Å². The number of benzene rings is 3. The zero-order chi connectivity index (χ0) is 21.4. The minimum Gasteiger partial charge on any atom is -0.297 e. The van der Waals surface area contributed by atoms with Crippen LogP contribution in [0.1, 0.15) is 16.7 Å². The minimum atomic E-state index is 0.813. The first-order valence-corrected chi connectivity index (χ1v) is 10.4. The van der Waals surface area contributed by atoms with Crippen LogP contribution in [-0.2, 0) is 0 Å². The number of hydrogen-bond acceptors (Lipinski definition) is 2. The SMILES string of the molecule is Cc1cc(C)c(-n2cc(-c3ccccc3)nc2-c2nccn2-c2ccccc2)c(C)c1. The molecule has 2 aromatic heterocycles. The maximum absolute atomic E-state index is 5.07. The fraction of sp³-hybridized carbons (Fsp3) is 0.111. The first kappa shape index (κ1) is 19.1. The highest BCUT2D eigenvalue weighted by molar-refractivity contribution is 5.67. The summed E-state index contributed by atoms with van der Waals surface area (Å²) in [6.45, 7) is 6.45. The molecule has 0 aliphatic carbocycles. The van der Waals surface area contributed by atoms with E-state index in [-0.39, 0.29) is 0 Å². The Morgan fingerprint density at radius 1 is 0.710 bits per heavy atom. The van der Waals surface area contributed by atoms with Crippen LogP contribution in [0.2, 0.25) is 0 Å². The van der Waals surface area contributed by atoms with E-state index in [2.05, 4.69) is 72.5 Å². The Hall–Kier alpha value is -3.92. The van der Waals surface area contributed by atoms with Gasteiger partial charge in [0, 0.05) is 29.8 Å². The smallest absolute Gasteiger partial charge is 0.182 e. The number of para-hydroxylation sites is 1. The highest BCUT2D eigenvalue weighted by Gasteiger charge is 2.20. The number of hydrogen-bond donors (Lipinski definition) is 0. The summed E-state index contributed by atoms with van der Waals surface area (Å²) in [7, 11) is 0. The van der Waals surface area contributed by atoms with Crippen molar-refractivity contribution in [3.63, 3.8) is 0 Å². The Bertz CT molecular complexity index is 1320. The molecule has 5 aromatic rings. The van der Waals surface area contributed by atoms with Gasteiger partial charge in [0.2, 0.25) is 0 Å². The van der Waals surface area contributed by atoms with Crippen LogP contribution in [0.5, 0.6) is 0 Å². The summed E-state index contributed by atoms with van der Waals surface area (Å²) in [6, 6.07) is 25.0. The van der Waals surface area contributed by atoms with Crippen LogP contribution in [0.15, 0.2) is 91.4 Å². The monoisotopic (exact) mass is 404 g/mol. The number of aromatic nitrogens is 4. The fourth-order valence-corrected chi connectivity index (χ4v) is 4.27. The highest BCUT2D eigenvalue weighted by Crippen LogP contribution is 2.31. The van der Waals surface area contributed by atoms with Crippen molar-refractivity contribution in [2.45, 2.75) is 20.8 Å². The molecule has 0 spiro atoms. The van der Waals surface area contributed by atoms with E-state index in [1.165, 1.54) is 16.7 Å². The molecule has 4 heteroatoms. The van der Waals surface area contributed by atoms with Gasteiger partial charge < -0.3 is 0 Å². The van der Waals surface area contributed by atoms with Crippen molar-refractivity contribution < 1.29 is 0 Å². The van der Waals surface area contributed by atoms with Gasteiger partial charge in [-0.2, -0.15) is 0 Å². The third kappa shape index (κ3) is 3.46. The Morgan fingerprint density at radius 3 is 2.03 bits per heavy atom. The molecule has 0 aliphatic heterocycles. The molecule has 0 atom stereocenters. The maximum Gasteiger partial charge on any atom is 0.182 e. The fourth-order valence-electron chi connectivity index (χ4n) is 4.27. The largest absolute Gasteiger partial charge is 0.297 e. The number of aryl methyl sites for hydroxylation is 3. The highest BCUT2D eigenvalue weighted by atomic mass is 15.2. The third-order valence-electron chi connectivity index (χ3n) is 5.53. The van der Waals surface area contributed by atoms with Crippen LogP contribution in [0, 0.1) is 20.8 Å². The van der Waals surface area contributed by atoms with Crippen LogP contribution in [0.25, 0.3) is 34.3 Å². The van der Waals surface area contributed by atoms with Crippen molar-refractivity contribution in [3.05, 3.63) is 108 Å². The first-order valence-electron chi connectivity index (χ1n) is 10.4. The van der Waals surface area contributed by atoms with Gasteiger partial charge in [0.25, 0.3) is 0 Å². The van der Waals surface area contributed by atoms with Crippen LogP contribution in [-0.4, -0.2) is 19.1 Å². The van der Waals surface area contributed by atoms with Gasteiger partial charge in [-0.25, -0.2) is 9.97 Å². The lowest BCUT2D eigenvalue weighted by Gasteiger charge is -2.15. The summed E-state index contributed by atoms with van der Waals surface area (Å²) in [5, 5.41) is 0. The van der Waals surface area contributed by atoms with Crippen molar-refractivity contribution in [2.24, 2.45) is 0 Å². The summed E-state index contributed by atoms with van der Waals surface area (Å²) in [5.41, 5.74) is 7.91. The molecule has 4 nitrogen and oxygen atoms in total. The third-order valence-corrected chi connectivity index (χ3v) is 5.53. The summed E-state index contributed by atoms with van der Waals surface area (Å²) < 4.78 is 4.28. The van der Waals surface area contributed by atoms with E-state index in [1.54, 1.807) is 0 Å². The Morgan fingerprint density at radius 2 is 1.35 bits per heavy atom. The molecule has 0 radical (unpaired) electrons. The lowest BCUT2D eigenvalue weighted by Crippen LogP contribution is -2.05. The molecule has 0 unspecified atom stereocenters. The standard InChI is InChI=1S/C27H24N4/c1-19-16-20(2)25(21(3)17-19)31-18-24(22-10-6-4-7-11-22)29-27(31)26-28-14-15-30(26)23-12-8-5-9-13-23/h4-18H,1-3H3. The summed E-state index contributed by atoms with van der Waals surface area (Å²) >= 11 is 0. The molecule has 3 aromatic carbocycles. The molecule has 0 saturated heterocycles. The van der Waals surface area contributed by atoms with Gasteiger partial charge in [0.1, 0.15) is 0 Å². The molecular weight excluding hydrogens is 380 g/mol. The molecule has 152 valence electrons. The lowest BCUT2D eigenvalue weighted by atomic mass is 10.0. The van der Waals surface area contributed by atoms with Gasteiger partial charge in [-0.05, 0) is 44.0 Å². The minimum absolute atomic E-state index is 0.813. The van der Waals surface area contributed by atoms with Crippen molar-refractivity contribution in [2.75, 3.05) is 0 Å². The van der Waals surface area contributed by atoms with E-state index in [0.29, 0.717) is 0 Å². The number of nitrogens with zero attached hydrogens (tertiary/aromatic N) is 4. The molecule has 5 rings (SSSR count). The summed E-state index contributed by atoms with van der Waals surface area (Å²) in [5.74, 6) is 1.63. The molecular formula is C27H24N4. The predicted octanol–water partition coefficient (Wildman–Crippen LogP) is 6.32. The van der Waals surface area contributed by atoms with Gasteiger partial charge in [0.15, 0.2) is 11.6 Å². The van der Waals surface area contributed by atoms with E-state index >= 15 is 0 Å². The van der Waals surface area contributed by atoms with Gasteiger partial charge in [-0.15, -0.1) is 0 Å². The molecule has 0 saturated carbocycles.